The van der Waals surface area contributed by atoms with Crippen molar-refractivity contribution in [2.45, 2.75) is 46.1 Å². The molecule has 1 unspecified atom stereocenters. The Bertz CT molecular complexity index is 293. The number of aromatic nitrogens is 3. The van der Waals surface area contributed by atoms with Crippen molar-refractivity contribution in [1.82, 2.24) is 20.1 Å². The first kappa shape index (κ1) is 13.2. The highest BCUT2D eigenvalue weighted by molar-refractivity contribution is 4.85. The molecule has 1 aromatic rings. The molecule has 4 heteroatoms. The lowest BCUT2D eigenvalue weighted by Gasteiger charge is -2.14. The van der Waals surface area contributed by atoms with Crippen LogP contribution in [0.25, 0.3) is 0 Å². The van der Waals surface area contributed by atoms with Gasteiger partial charge in [-0.3, -0.25) is 0 Å². The second-order valence-electron chi connectivity index (χ2n) is 4.93. The van der Waals surface area contributed by atoms with Crippen molar-refractivity contribution < 1.29 is 0 Å². The van der Waals surface area contributed by atoms with Gasteiger partial charge in [-0.2, -0.15) is 0 Å². The molecule has 92 valence electrons. The summed E-state index contributed by atoms with van der Waals surface area (Å²) in [6.07, 6.45) is 5.23. The van der Waals surface area contributed by atoms with Crippen LogP contribution < -0.4 is 5.32 Å². The van der Waals surface area contributed by atoms with Gasteiger partial charge in [0.05, 0.1) is 0 Å². The molecule has 1 rings (SSSR count). The first-order chi connectivity index (χ1) is 7.59. The van der Waals surface area contributed by atoms with Crippen LogP contribution in [0.15, 0.2) is 6.33 Å². The molecule has 0 fully saturated rings. The van der Waals surface area contributed by atoms with Crippen LogP contribution in [0.3, 0.4) is 0 Å². The molecule has 0 aliphatic rings. The van der Waals surface area contributed by atoms with E-state index in [0.29, 0.717) is 6.04 Å². The summed E-state index contributed by atoms with van der Waals surface area (Å²) in [6.45, 7) is 7.77. The van der Waals surface area contributed by atoms with Crippen LogP contribution in [0.4, 0.5) is 0 Å². The quantitative estimate of drug-likeness (QED) is 0.767. The lowest BCUT2D eigenvalue weighted by molar-refractivity contribution is 0.451. The zero-order chi connectivity index (χ0) is 12.0. The molecule has 0 bridgehead atoms. The lowest BCUT2D eigenvalue weighted by Crippen LogP contribution is -2.28. The van der Waals surface area contributed by atoms with E-state index in [1.54, 1.807) is 6.33 Å². The molecule has 16 heavy (non-hydrogen) atoms. The number of rotatable bonds is 7. The summed E-state index contributed by atoms with van der Waals surface area (Å²) in [6, 6.07) is 0.593. The van der Waals surface area contributed by atoms with Gasteiger partial charge in [0.25, 0.3) is 0 Å². The van der Waals surface area contributed by atoms with Crippen molar-refractivity contribution in [2.75, 3.05) is 6.54 Å². The van der Waals surface area contributed by atoms with Gasteiger partial charge < -0.3 is 9.88 Å². The molecule has 1 N–H and O–H groups in total. The summed E-state index contributed by atoms with van der Waals surface area (Å²) >= 11 is 0. The molecule has 0 aliphatic heterocycles. The lowest BCUT2D eigenvalue weighted by atomic mass is 10.0. The van der Waals surface area contributed by atoms with Gasteiger partial charge in [-0.05, 0) is 25.7 Å². The fourth-order valence-corrected chi connectivity index (χ4v) is 1.65. The van der Waals surface area contributed by atoms with E-state index in [1.165, 1.54) is 12.8 Å². The maximum Gasteiger partial charge on any atom is 0.133 e. The standard InChI is InChI=1S/C12H24N4/c1-10(2)5-6-11(3)13-8-7-12-15-14-9-16(12)4/h9-11,13H,5-8H2,1-4H3. The number of aryl methyl sites for hydroxylation is 1. The van der Waals surface area contributed by atoms with Crippen molar-refractivity contribution in [3.05, 3.63) is 12.2 Å². The summed E-state index contributed by atoms with van der Waals surface area (Å²) < 4.78 is 1.97. The minimum Gasteiger partial charge on any atom is -0.321 e. The molecule has 0 saturated carbocycles. The summed E-state index contributed by atoms with van der Waals surface area (Å²) in [7, 11) is 1.98. The first-order valence-electron chi connectivity index (χ1n) is 6.16. The normalized spacial score (nSPS) is 13.3. The highest BCUT2D eigenvalue weighted by Gasteiger charge is 2.04. The molecule has 0 radical (unpaired) electrons. The van der Waals surface area contributed by atoms with Gasteiger partial charge in [-0.1, -0.05) is 13.8 Å². The molecule has 1 aromatic heterocycles. The smallest absolute Gasteiger partial charge is 0.133 e. The fourth-order valence-electron chi connectivity index (χ4n) is 1.65. The van der Waals surface area contributed by atoms with Gasteiger partial charge in [0.2, 0.25) is 0 Å². The van der Waals surface area contributed by atoms with E-state index in [1.807, 2.05) is 11.6 Å². The maximum absolute atomic E-state index is 4.06. The summed E-state index contributed by atoms with van der Waals surface area (Å²) in [5.74, 6) is 1.84. The van der Waals surface area contributed by atoms with Crippen molar-refractivity contribution in [1.29, 1.82) is 0 Å². The molecule has 0 saturated heterocycles. The Labute approximate surface area is 98.5 Å². The van der Waals surface area contributed by atoms with E-state index in [4.69, 9.17) is 0 Å². The third-order valence-electron chi connectivity index (χ3n) is 2.82. The Hall–Kier alpha value is -0.900. The topological polar surface area (TPSA) is 42.7 Å². The predicted octanol–water partition coefficient (Wildman–Crippen LogP) is 1.77. The van der Waals surface area contributed by atoms with Crippen LogP contribution in [0.2, 0.25) is 0 Å². The van der Waals surface area contributed by atoms with Gasteiger partial charge in [0.15, 0.2) is 0 Å². The molecule has 0 aliphatic carbocycles. The third kappa shape index (κ3) is 4.75. The predicted molar refractivity (Wildman–Crippen MR) is 66.2 cm³/mol. The van der Waals surface area contributed by atoms with E-state index < -0.39 is 0 Å². The molecular formula is C12H24N4. The minimum atomic E-state index is 0.593. The van der Waals surface area contributed by atoms with Gasteiger partial charge in [0.1, 0.15) is 12.2 Å². The first-order valence-corrected chi connectivity index (χ1v) is 6.16. The van der Waals surface area contributed by atoms with E-state index in [9.17, 15) is 0 Å². The average molecular weight is 224 g/mol. The molecular weight excluding hydrogens is 200 g/mol. The van der Waals surface area contributed by atoms with Crippen molar-refractivity contribution in [2.24, 2.45) is 13.0 Å². The van der Waals surface area contributed by atoms with Crippen LogP contribution >= 0.6 is 0 Å². The second kappa shape index (κ2) is 6.63. The minimum absolute atomic E-state index is 0.593. The molecule has 0 spiro atoms. The Morgan fingerprint density at radius 2 is 2.06 bits per heavy atom. The van der Waals surface area contributed by atoms with Gasteiger partial charge >= 0.3 is 0 Å². The fraction of sp³-hybridized carbons (Fsp3) is 0.833. The Kier molecular flexibility index (Phi) is 5.46. The molecule has 0 aromatic carbocycles. The van der Waals surface area contributed by atoms with Crippen LogP contribution in [0.1, 0.15) is 39.4 Å². The third-order valence-corrected chi connectivity index (χ3v) is 2.82. The van der Waals surface area contributed by atoms with E-state index in [-0.39, 0.29) is 0 Å². The number of nitrogens with one attached hydrogen (secondary N) is 1. The maximum atomic E-state index is 4.06. The zero-order valence-corrected chi connectivity index (χ0v) is 10.9. The number of hydrogen-bond donors (Lipinski definition) is 1. The summed E-state index contributed by atoms with van der Waals surface area (Å²) in [5, 5.41) is 11.4. The molecule has 4 nitrogen and oxygen atoms in total. The average Bonchev–Trinajstić information content (AvgIpc) is 2.61. The summed E-state index contributed by atoms with van der Waals surface area (Å²) in [4.78, 5) is 0. The van der Waals surface area contributed by atoms with Crippen molar-refractivity contribution in [3.8, 4) is 0 Å². The van der Waals surface area contributed by atoms with Crippen LogP contribution in [-0.2, 0) is 13.5 Å². The van der Waals surface area contributed by atoms with Crippen molar-refractivity contribution >= 4 is 0 Å². The Morgan fingerprint density at radius 1 is 1.31 bits per heavy atom. The number of hydrogen-bond acceptors (Lipinski definition) is 3. The van der Waals surface area contributed by atoms with Crippen LogP contribution in [-0.4, -0.2) is 27.4 Å². The molecule has 1 heterocycles. The van der Waals surface area contributed by atoms with Crippen molar-refractivity contribution in [3.63, 3.8) is 0 Å². The number of nitrogens with zero attached hydrogens (tertiary/aromatic N) is 3. The van der Waals surface area contributed by atoms with Crippen LogP contribution in [0, 0.1) is 5.92 Å². The van der Waals surface area contributed by atoms with E-state index in [2.05, 4.69) is 36.3 Å². The monoisotopic (exact) mass is 224 g/mol. The zero-order valence-electron chi connectivity index (χ0n) is 10.9. The van der Waals surface area contributed by atoms with Gasteiger partial charge in [-0.25, -0.2) is 0 Å². The Balaban J connectivity index is 2.13. The highest BCUT2D eigenvalue weighted by Crippen LogP contribution is 2.06. The largest absolute Gasteiger partial charge is 0.321 e. The molecule has 0 amide bonds. The van der Waals surface area contributed by atoms with E-state index in [0.717, 1.165) is 24.7 Å². The molecule has 1 atom stereocenters. The van der Waals surface area contributed by atoms with Crippen LogP contribution in [0.5, 0.6) is 0 Å². The van der Waals surface area contributed by atoms with E-state index >= 15 is 0 Å². The SMILES string of the molecule is CC(C)CCC(C)NCCc1nncn1C. The van der Waals surface area contributed by atoms with Gasteiger partial charge in [0, 0.05) is 26.1 Å². The summed E-state index contributed by atoms with van der Waals surface area (Å²) in [5.41, 5.74) is 0. The second-order valence-corrected chi connectivity index (χ2v) is 4.93. The highest BCUT2D eigenvalue weighted by atomic mass is 15.2. The Morgan fingerprint density at radius 3 is 2.62 bits per heavy atom. The van der Waals surface area contributed by atoms with Gasteiger partial charge in [-0.15, -0.1) is 10.2 Å².